The minimum Gasteiger partial charge on any atom is -0.494 e. The molecule has 1 aromatic carbocycles. The number of nitrogens with zero attached hydrogens (tertiary/aromatic N) is 1. The van der Waals surface area contributed by atoms with Crippen molar-refractivity contribution in [1.29, 1.82) is 0 Å². The number of carbonyl (C=O) groups is 1. The predicted octanol–water partition coefficient (Wildman–Crippen LogP) is 2.86. The molecule has 0 saturated heterocycles. The second kappa shape index (κ2) is 5.44. The fourth-order valence-electron chi connectivity index (χ4n) is 2.35. The largest absolute Gasteiger partial charge is 0.494 e. The van der Waals surface area contributed by atoms with E-state index in [9.17, 15) is 4.79 Å². The molecule has 2 heterocycles. The van der Waals surface area contributed by atoms with Crippen LogP contribution < -0.4 is 10.1 Å². The van der Waals surface area contributed by atoms with Crippen molar-refractivity contribution in [3.63, 3.8) is 0 Å². The van der Waals surface area contributed by atoms with Crippen LogP contribution in [0.2, 0.25) is 0 Å². The molecule has 0 unspecified atom stereocenters. The number of hydrogen-bond acceptors (Lipinski definition) is 3. The number of H-pyrrole nitrogens is 1. The Hall–Kier alpha value is -2.56. The zero-order valence-corrected chi connectivity index (χ0v) is 12.1. The van der Waals surface area contributed by atoms with Gasteiger partial charge in [-0.1, -0.05) is 6.92 Å². The van der Waals surface area contributed by atoms with Gasteiger partial charge in [0.25, 0.3) is 5.91 Å². The van der Waals surface area contributed by atoms with Gasteiger partial charge >= 0.3 is 0 Å². The lowest BCUT2D eigenvalue weighted by atomic mass is 10.1. The Bertz CT molecular complexity index is 716. The second-order valence-electron chi connectivity index (χ2n) is 4.79. The van der Waals surface area contributed by atoms with Crippen molar-refractivity contribution >= 4 is 23.2 Å². The number of benzene rings is 1. The summed E-state index contributed by atoms with van der Waals surface area (Å²) in [6.07, 6.45) is 4.40. The highest BCUT2D eigenvalue weighted by molar-refractivity contribution is 6.34. The van der Waals surface area contributed by atoms with Gasteiger partial charge in [-0.15, -0.1) is 0 Å². The zero-order chi connectivity index (χ0) is 14.8. The number of anilines is 1. The number of fused-ring (bicyclic) bond motifs is 1. The van der Waals surface area contributed by atoms with E-state index in [0.29, 0.717) is 12.2 Å². The minimum absolute atomic E-state index is 0.105. The molecule has 5 heteroatoms. The molecule has 0 bridgehead atoms. The SMILES string of the molecule is CCOc1ccc2c(c1)/C(=C/c1cnc(CC)[nH]1)C(=O)N2. The fourth-order valence-corrected chi connectivity index (χ4v) is 2.35. The Morgan fingerprint density at radius 3 is 2.90 bits per heavy atom. The zero-order valence-electron chi connectivity index (χ0n) is 12.1. The number of aryl methyl sites for hydroxylation is 1. The molecule has 1 aromatic heterocycles. The number of rotatable bonds is 4. The van der Waals surface area contributed by atoms with Gasteiger partial charge in [0.15, 0.2) is 0 Å². The number of aromatic nitrogens is 2. The lowest BCUT2D eigenvalue weighted by molar-refractivity contribution is -0.110. The van der Waals surface area contributed by atoms with Crippen molar-refractivity contribution in [1.82, 2.24) is 9.97 Å². The predicted molar refractivity (Wildman–Crippen MR) is 82.1 cm³/mol. The van der Waals surface area contributed by atoms with Gasteiger partial charge in [-0.2, -0.15) is 0 Å². The number of ether oxygens (including phenoxy) is 1. The molecular weight excluding hydrogens is 266 g/mol. The Balaban J connectivity index is 2.00. The standard InChI is InChI=1S/C16H17N3O2/c1-3-15-17-9-10(18-15)7-13-12-8-11(21-4-2)5-6-14(12)19-16(13)20/h5-9H,3-4H2,1-2H3,(H,17,18)(H,19,20)/b13-7-. The molecule has 108 valence electrons. The van der Waals surface area contributed by atoms with Gasteiger partial charge in [0.05, 0.1) is 24.1 Å². The van der Waals surface area contributed by atoms with E-state index < -0.39 is 0 Å². The van der Waals surface area contributed by atoms with Crippen molar-refractivity contribution in [3.05, 3.63) is 41.5 Å². The summed E-state index contributed by atoms with van der Waals surface area (Å²) in [6.45, 7) is 4.56. The van der Waals surface area contributed by atoms with Gasteiger partial charge in [0, 0.05) is 17.7 Å². The molecule has 3 rings (SSSR count). The Morgan fingerprint density at radius 2 is 2.19 bits per heavy atom. The first kappa shape index (κ1) is 13.4. The van der Waals surface area contributed by atoms with Crippen LogP contribution in [0.15, 0.2) is 24.4 Å². The van der Waals surface area contributed by atoms with Crippen LogP contribution in [0.4, 0.5) is 5.69 Å². The van der Waals surface area contributed by atoms with Crippen molar-refractivity contribution in [2.45, 2.75) is 20.3 Å². The summed E-state index contributed by atoms with van der Waals surface area (Å²) in [7, 11) is 0. The molecule has 21 heavy (non-hydrogen) atoms. The molecule has 0 saturated carbocycles. The van der Waals surface area contributed by atoms with Crippen LogP contribution in [0.3, 0.4) is 0 Å². The van der Waals surface area contributed by atoms with E-state index in [-0.39, 0.29) is 5.91 Å². The van der Waals surface area contributed by atoms with E-state index in [1.807, 2.05) is 38.1 Å². The van der Waals surface area contributed by atoms with Crippen LogP contribution in [-0.2, 0) is 11.2 Å². The molecular formula is C16H17N3O2. The van der Waals surface area contributed by atoms with E-state index in [1.165, 1.54) is 0 Å². The second-order valence-corrected chi connectivity index (χ2v) is 4.79. The maximum absolute atomic E-state index is 12.1. The van der Waals surface area contributed by atoms with Crippen molar-refractivity contribution < 1.29 is 9.53 Å². The number of imidazole rings is 1. The maximum atomic E-state index is 12.1. The van der Waals surface area contributed by atoms with E-state index in [0.717, 1.165) is 34.9 Å². The molecule has 1 amide bonds. The van der Waals surface area contributed by atoms with Gasteiger partial charge in [0.1, 0.15) is 11.6 Å². The lowest BCUT2D eigenvalue weighted by Gasteiger charge is -2.05. The topological polar surface area (TPSA) is 67.0 Å². The lowest BCUT2D eigenvalue weighted by Crippen LogP contribution is -2.03. The van der Waals surface area contributed by atoms with Crippen LogP contribution in [0.5, 0.6) is 5.75 Å². The van der Waals surface area contributed by atoms with Crippen LogP contribution in [0.25, 0.3) is 11.6 Å². The van der Waals surface area contributed by atoms with Crippen molar-refractivity contribution in [2.24, 2.45) is 0 Å². The van der Waals surface area contributed by atoms with Crippen molar-refractivity contribution in [2.75, 3.05) is 11.9 Å². The van der Waals surface area contributed by atoms with E-state index in [1.54, 1.807) is 6.20 Å². The summed E-state index contributed by atoms with van der Waals surface area (Å²) in [4.78, 5) is 19.6. The highest BCUT2D eigenvalue weighted by atomic mass is 16.5. The highest BCUT2D eigenvalue weighted by Gasteiger charge is 2.24. The first-order valence-corrected chi connectivity index (χ1v) is 7.05. The smallest absolute Gasteiger partial charge is 0.256 e. The highest BCUT2D eigenvalue weighted by Crippen LogP contribution is 2.35. The number of amides is 1. The third-order valence-corrected chi connectivity index (χ3v) is 3.37. The molecule has 0 atom stereocenters. The third-order valence-electron chi connectivity index (χ3n) is 3.37. The molecule has 1 aliphatic rings. The van der Waals surface area contributed by atoms with Crippen LogP contribution in [0.1, 0.15) is 30.9 Å². The van der Waals surface area contributed by atoms with Gasteiger partial charge in [0.2, 0.25) is 0 Å². The van der Waals surface area contributed by atoms with Gasteiger partial charge < -0.3 is 15.0 Å². The average molecular weight is 283 g/mol. The van der Waals surface area contributed by atoms with Crippen LogP contribution in [-0.4, -0.2) is 22.5 Å². The first-order valence-electron chi connectivity index (χ1n) is 7.05. The quantitative estimate of drug-likeness (QED) is 0.848. The normalized spacial score (nSPS) is 15.1. The average Bonchev–Trinajstić information content (AvgIpc) is 3.05. The molecule has 5 nitrogen and oxygen atoms in total. The van der Waals surface area contributed by atoms with Gasteiger partial charge in [-0.25, -0.2) is 4.98 Å². The van der Waals surface area contributed by atoms with Crippen molar-refractivity contribution in [3.8, 4) is 5.75 Å². The summed E-state index contributed by atoms with van der Waals surface area (Å²) in [5.41, 5.74) is 3.12. The molecule has 2 aromatic rings. The maximum Gasteiger partial charge on any atom is 0.256 e. The van der Waals surface area contributed by atoms with Crippen LogP contribution >= 0.6 is 0 Å². The van der Waals surface area contributed by atoms with E-state index in [2.05, 4.69) is 15.3 Å². The van der Waals surface area contributed by atoms with E-state index >= 15 is 0 Å². The van der Waals surface area contributed by atoms with Gasteiger partial charge in [-0.05, 0) is 31.2 Å². The fraction of sp³-hybridized carbons (Fsp3) is 0.250. The van der Waals surface area contributed by atoms with Crippen LogP contribution in [0, 0.1) is 0 Å². The monoisotopic (exact) mass is 283 g/mol. The molecule has 0 fully saturated rings. The summed E-state index contributed by atoms with van der Waals surface area (Å²) in [5, 5.41) is 2.86. The summed E-state index contributed by atoms with van der Waals surface area (Å²) >= 11 is 0. The number of aromatic amines is 1. The Kier molecular flexibility index (Phi) is 3.48. The Labute approximate surface area is 123 Å². The molecule has 0 aliphatic carbocycles. The summed E-state index contributed by atoms with van der Waals surface area (Å²) in [6, 6.07) is 5.61. The molecule has 0 spiro atoms. The first-order chi connectivity index (χ1) is 10.2. The summed E-state index contributed by atoms with van der Waals surface area (Å²) in [5.74, 6) is 1.56. The molecule has 0 radical (unpaired) electrons. The molecule has 1 aliphatic heterocycles. The third kappa shape index (κ3) is 2.54. The Morgan fingerprint density at radius 1 is 1.33 bits per heavy atom. The minimum atomic E-state index is -0.105. The number of carbonyl (C=O) groups excluding carboxylic acids is 1. The molecule has 2 N–H and O–H groups in total. The van der Waals surface area contributed by atoms with E-state index in [4.69, 9.17) is 4.74 Å². The van der Waals surface area contributed by atoms with Gasteiger partial charge in [-0.3, -0.25) is 4.79 Å². The summed E-state index contributed by atoms with van der Waals surface area (Å²) < 4.78 is 5.50. The number of nitrogens with one attached hydrogen (secondary N) is 2. The number of hydrogen-bond donors (Lipinski definition) is 2.